The van der Waals surface area contributed by atoms with Crippen LogP contribution in [0.5, 0.6) is 0 Å². The number of thiazole rings is 1. The van der Waals surface area contributed by atoms with E-state index in [9.17, 15) is 0 Å². The molecule has 2 nitrogen and oxygen atoms in total. The molecule has 0 saturated heterocycles. The third kappa shape index (κ3) is 2.99. The largest absolute Gasteiger partial charge is 0.305 e. The highest BCUT2D eigenvalue weighted by molar-refractivity contribution is 7.12. The summed E-state index contributed by atoms with van der Waals surface area (Å²) >= 11 is 3.67. The number of nitrogens with zero attached hydrogens (tertiary/aromatic N) is 1. The van der Waals surface area contributed by atoms with Crippen LogP contribution in [0.2, 0.25) is 0 Å². The Bertz CT molecular complexity index is 540. The molecule has 0 radical (unpaired) electrons. The highest BCUT2D eigenvalue weighted by Gasteiger charge is 2.13. The van der Waals surface area contributed by atoms with Gasteiger partial charge in [0.25, 0.3) is 0 Å². The Labute approximate surface area is 117 Å². The van der Waals surface area contributed by atoms with Crippen LogP contribution < -0.4 is 5.32 Å². The van der Waals surface area contributed by atoms with Gasteiger partial charge >= 0.3 is 0 Å². The lowest BCUT2D eigenvalue weighted by Crippen LogP contribution is -2.18. The van der Waals surface area contributed by atoms with E-state index in [1.807, 2.05) is 11.3 Å². The first kappa shape index (κ1) is 13.7. The van der Waals surface area contributed by atoms with Crippen LogP contribution in [0.3, 0.4) is 0 Å². The van der Waals surface area contributed by atoms with E-state index in [2.05, 4.69) is 51.0 Å². The summed E-state index contributed by atoms with van der Waals surface area (Å²) in [6, 6.07) is 2.65. The molecule has 2 rings (SSSR count). The van der Waals surface area contributed by atoms with Gasteiger partial charge < -0.3 is 5.32 Å². The van der Waals surface area contributed by atoms with Crippen LogP contribution in [0.1, 0.15) is 43.9 Å². The minimum absolute atomic E-state index is 0.371. The molecule has 4 heteroatoms. The van der Waals surface area contributed by atoms with Crippen molar-refractivity contribution in [3.8, 4) is 0 Å². The molecule has 2 aromatic rings. The van der Waals surface area contributed by atoms with Gasteiger partial charge in [-0.2, -0.15) is 0 Å². The van der Waals surface area contributed by atoms with Gasteiger partial charge in [-0.05, 0) is 46.2 Å². The molecule has 98 valence electrons. The van der Waals surface area contributed by atoms with Crippen LogP contribution in [-0.4, -0.2) is 4.98 Å². The van der Waals surface area contributed by atoms with Crippen LogP contribution in [0.25, 0.3) is 0 Å². The van der Waals surface area contributed by atoms with Crippen LogP contribution in [0, 0.1) is 27.7 Å². The lowest BCUT2D eigenvalue weighted by molar-refractivity contribution is 0.579. The number of aromatic nitrogens is 1. The van der Waals surface area contributed by atoms with Crippen molar-refractivity contribution in [1.29, 1.82) is 0 Å². The first-order valence-electron chi connectivity index (χ1n) is 6.20. The summed E-state index contributed by atoms with van der Waals surface area (Å²) in [5.74, 6) is 0. The summed E-state index contributed by atoms with van der Waals surface area (Å²) in [5.41, 5.74) is 2.58. The Kier molecular flexibility index (Phi) is 4.20. The fourth-order valence-corrected chi connectivity index (χ4v) is 4.06. The smallest absolute Gasteiger partial charge is 0.0900 e. The maximum absolute atomic E-state index is 4.49. The van der Waals surface area contributed by atoms with E-state index in [0.29, 0.717) is 6.04 Å². The zero-order valence-electron chi connectivity index (χ0n) is 11.6. The summed E-state index contributed by atoms with van der Waals surface area (Å²) in [7, 11) is 0. The number of thiophene rings is 1. The van der Waals surface area contributed by atoms with E-state index >= 15 is 0 Å². The number of rotatable bonds is 4. The Balaban J connectivity index is 2.02. The molecule has 2 heterocycles. The van der Waals surface area contributed by atoms with Crippen LogP contribution in [0.4, 0.5) is 0 Å². The second-order valence-corrected chi connectivity index (χ2v) is 7.42. The molecule has 18 heavy (non-hydrogen) atoms. The highest BCUT2D eigenvalue weighted by Crippen LogP contribution is 2.26. The van der Waals surface area contributed by atoms with Gasteiger partial charge in [0.2, 0.25) is 0 Å². The molecule has 0 amide bonds. The first-order valence-corrected chi connectivity index (χ1v) is 7.84. The number of aryl methyl sites for hydroxylation is 4. The summed E-state index contributed by atoms with van der Waals surface area (Å²) < 4.78 is 0. The molecule has 0 saturated carbocycles. The van der Waals surface area contributed by atoms with Crippen molar-refractivity contribution in [1.82, 2.24) is 10.3 Å². The Morgan fingerprint density at radius 2 is 1.94 bits per heavy atom. The van der Waals surface area contributed by atoms with E-state index in [0.717, 1.165) is 17.2 Å². The molecule has 1 atom stereocenters. The molecule has 0 fully saturated rings. The van der Waals surface area contributed by atoms with E-state index in [1.54, 1.807) is 11.3 Å². The highest BCUT2D eigenvalue weighted by atomic mass is 32.1. The molecule has 0 aliphatic rings. The standard InChI is InChI=1S/C14H20N2S2/c1-8-6-13(11(4)17-8)7-15-9(2)14-10(3)16-12(5)18-14/h6,9,15H,7H2,1-5H3. The maximum Gasteiger partial charge on any atom is 0.0900 e. The fraction of sp³-hybridized carbons (Fsp3) is 0.500. The topological polar surface area (TPSA) is 24.9 Å². The van der Waals surface area contributed by atoms with Crippen molar-refractivity contribution in [3.63, 3.8) is 0 Å². The van der Waals surface area contributed by atoms with Crippen molar-refractivity contribution < 1.29 is 0 Å². The minimum atomic E-state index is 0.371. The average molecular weight is 280 g/mol. The van der Waals surface area contributed by atoms with Crippen molar-refractivity contribution in [2.75, 3.05) is 0 Å². The maximum atomic E-state index is 4.49. The zero-order valence-corrected chi connectivity index (χ0v) is 13.3. The van der Waals surface area contributed by atoms with Crippen LogP contribution in [-0.2, 0) is 6.54 Å². The number of hydrogen-bond donors (Lipinski definition) is 1. The third-order valence-corrected chi connectivity index (χ3v) is 5.34. The normalized spacial score (nSPS) is 12.9. The predicted molar refractivity (Wildman–Crippen MR) is 80.6 cm³/mol. The fourth-order valence-electron chi connectivity index (χ4n) is 2.16. The van der Waals surface area contributed by atoms with Crippen LogP contribution in [0.15, 0.2) is 6.07 Å². The van der Waals surface area contributed by atoms with Crippen molar-refractivity contribution in [2.24, 2.45) is 0 Å². The number of hydrogen-bond acceptors (Lipinski definition) is 4. The lowest BCUT2D eigenvalue weighted by atomic mass is 10.2. The van der Waals surface area contributed by atoms with Gasteiger partial charge in [-0.3, -0.25) is 0 Å². The van der Waals surface area contributed by atoms with E-state index in [4.69, 9.17) is 0 Å². The Hall–Kier alpha value is -0.710. The second kappa shape index (κ2) is 5.51. The van der Waals surface area contributed by atoms with Gasteiger partial charge in [0.05, 0.1) is 10.7 Å². The summed E-state index contributed by atoms with van der Waals surface area (Å²) in [6.07, 6.45) is 0. The second-order valence-electron chi connectivity index (χ2n) is 4.72. The summed E-state index contributed by atoms with van der Waals surface area (Å²) in [4.78, 5) is 8.66. The molecule has 1 unspecified atom stereocenters. The van der Waals surface area contributed by atoms with Gasteiger partial charge in [-0.1, -0.05) is 0 Å². The monoisotopic (exact) mass is 280 g/mol. The number of nitrogens with one attached hydrogen (secondary N) is 1. The lowest BCUT2D eigenvalue weighted by Gasteiger charge is -2.12. The van der Waals surface area contributed by atoms with E-state index < -0.39 is 0 Å². The first-order chi connectivity index (χ1) is 8.47. The Morgan fingerprint density at radius 1 is 1.22 bits per heavy atom. The molecule has 0 aliphatic heterocycles. The molecule has 1 N–H and O–H groups in total. The third-order valence-electron chi connectivity index (χ3n) is 3.08. The van der Waals surface area contributed by atoms with Crippen molar-refractivity contribution in [3.05, 3.63) is 37.0 Å². The summed E-state index contributed by atoms with van der Waals surface area (Å²) in [6.45, 7) is 11.7. The van der Waals surface area contributed by atoms with Gasteiger partial charge in [0, 0.05) is 27.2 Å². The van der Waals surface area contributed by atoms with Gasteiger partial charge in [0.15, 0.2) is 0 Å². The molecule has 0 aromatic carbocycles. The van der Waals surface area contributed by atoms with Crippen LogP contribution >= 0.6 is 22.7 Å². The molecule has 2 aromatic heterocycles. The van der Waals surface area contributed by atoms with Crippen molar-refractivity contribution in [2.45, 2.75) is 47.2 Å². The minimum Gasteiger partial charge on any atom is -0.305 e. The molecule has 0 aliphatic carbocycles. The van der Waals surface area contributed by atoms with E-state index in [-0.39, 0.29) is 0 Å². The predicted octanol–water partition coefficient (Wildman–Crippen LogP) is 4.29. The van der Waals surface area contributed by atoms with Crippen molar-refractivity contribution >= 4 is 22.7 Å². The zero-order chi connectivity index (χ0) is 13.3. The van der Waals surface area contributed by atoms with E-state index in [1.165, 1.54) is 20.2 Å². The molecule has 0 bridgehead atoms. The van der Waals surface area contributed by atoms with Gasteiger partial charge in [0.1, 0.15) is 0 Å². The van der Waals surface area contributed by atoms with Gasteiger partial charge in [-0.25, -0.2) is 4.98 Å². The molecular formula is C14H20N2S2. The Morgan fingerprint density at radius 3 is 2.44 bits per heavy atom. The molecule has 0 spiro atoms. The van der Waals surface area contributed by atoms with Gasteiger partial charge in [-0.15, -0.1) is 22.7 Å². The quantitative estimate of drug-likeness (QED) is 0.903. The summed E-state index contributed by atoms with van der Waals surface area (Å²) in [5, 5.41) is 4.75. The molecular weight excluding hydrogens is 260 g/mol. The average Bonchev–Trinajstić information content (AvgIpc) is 2.78. The SMILES string of the molecule is Cc1cc(CNC(C)c2sc(C)nc2C)c(C)s1.